The lowest BCUT2D eigenvalue weighted by Gasteiger charge is -2.36. The molecule has 3 N–H and O–H groups in total. The Bertz CT molecular complexity index is 2110. The minimum Gasteiger partial charge on any atom is -0.474 e. The number of para-hydroxylation sites is 1. The van der Waals surface area contributed by atoms with Gasteiger partial charge in [-0.15, -0.1) is 6.58 Å². The molecule has 0 radical (unpaired) electrons. The summed E-state index contributed by atoms with van der Waals surface area (Å²) in [5.41, 5.74) is 1.49. The Labute approximate surface area is 352 Å². The molecule has 16 heteroatoms. The first-order valence-corrected chi connectivity index (χ1v) is 23.4. The smallest absolute Gasteiger partial charge is 0.318 e. The third-order valence-corrected chi connectivity index (χ3v) is 15.7. The summed E-state index contributed by atoms with van der Waals surface area (Å²) in [4.78, 5) is 68.1. The Balaban J connectivity index is 1.06. The van der Waals surface area contributed by atoms with Crippen molar-refractivity contribution in [1.82, 2.24) is 30.1 Å². The number of carbonyl (C=O) groups excluding carboxylic acids is 4. The number of hydrogen-bond acceptors (Lipinski definition) is 10. The molecule has 15 nitrogen and oxygen atoms in total. The monoisotopic (exact) mass is 843 g/mol. The highest BCUT2D eigenvalue weighted by atomic mass is 32.2. The van der Waals surface area contributed by atoms with Crippen molar-refractivity contribution < 1.29 is 37.1 Å². The molecule has 0 spiro atoms. The van der Waals surface area contributed by atoms with Crippen LogP contribution in [0.2, 0.25) is 0 Å². The zero-order valence-corrected chi connectivity index (χ0v) is 35.1. The molecular formula is C44H57N7O8S. The van der Waals surface area contributed by atoms with Gasteiger partial charge in [0.25, 0.3) is 5.91 Å². The van der Waals surface area contributed by atoms with Crippen LogP contribution in [0.4, 0.5) is 10.5 Å². The molecule has 322 valence electrons. The van der Waals surface area contributed by atoms with Crippen molar-refractivity contribution in [2.75, 3.05) is 32.8 Å². The van der Waals surface area contributed by atoms with Gasteiger partial charge >= 0.3 is 6.03 Å². The summed E-state index contributed by atoms with van der Waals surface area (Å²) in [5, 5.41) is 5.41. The normalized spacial score (nSPS) is 34.0. The molecule has 0 aromatic heterocycles. The number of urea groups is 1. The molecule has 1 aromatic rings. The van der Waals surface area contributed by atoms with Gasteiger partial charge < -0.3 is 34.8 Å². The Hall–Kier alpha value is -4.70. The molecule has 3 aliphatic carbocycles. The molecule has 3 saturated carbocycles. The first-order valence-electron chi connectivity index (χ1n) is 21.9. The van der Waals surface area contributed by atoms with Crippen molar-refractivity contribution in [3.63, 3.8) is 0 Å². The molecule has 8 aliphatic rings. The highest BCUT2D eigenvalue weighted by Gasteiger charge is 2.62. The van der Waals surface area contributed by atoms with Gasteiger partial charge in [-0.25, -0.2) is 18.2 Å². The van der Waals surface area contributed by atoms with Crippen LogP contribution in [0.1, 0.15) is 89.0 Å². The highest BCUT2D eigenvalue weighted by Crippen LogP contribution is 2.47. The zero-order chi connectivity index (χ0) is 41.8. The van der Waals surface area contributed by atoms with E-state index in [4.69, 9.17) is 14.5 Å². The summed E-state index contributed by atoms with van der Waals surface area (Å²) in [7, 11) is -3.90. The van der Waals surface area contributed by atoms with Crippen molar-refractivity contribution >= 4 is 45.4 Å². The van der Waals surface area contributed by atoms with Gasteiger partial charge in [-0.05, 0) is 81.4 Å². The number of rotatable bonds is 7. The van der Waals surface area contributed by atoms with E-state index in [-0.39, 0.29) is 55.1 Å². The van der Waals surface area contributed by atoms with Gasteiger partial charge in [-0.1, -0.05) is 43.2 Å². The quantitative estimate of drug-likeness (QED) is 0.343. The molecule has 2 saturated heterocycles. The molecule has 1 aromatic carbocycles. The second-order valence-corrected chi connectivity index (χ2v) is 20.1. The van der Waals surface area contributed by atoms with Gasteiger partial charge in [0.2, 0.25) is 27.7 Å². The van der Waals surface area contributed by atoms with E-state index in [1.807, 2.05) is 24.4 Å². The molecule has 5 aliphatic heterocycles. The number of carbonyl (C=O) groups is 4. The first-order chi connectivity index (χ1) is 29.0. The van der Waals surface area contributed by atoms with Crippen LogP contribution in [0, 0.1) is 17.8 Å². The predicted octanol–water partition coefficient (Wildman–Crippen LogP) is 3.97. The number of hydrogen-bond donors (Lipinski definition) is 3. The van der Waals surface area contributed by atoms with Crippen molar-refractivity contribution in [3.8, 4) is 0 Å². The van der Waals surface area contributed by atoms with Crippen LogP contribution < -0.4 is 15.4 Å². The molecule has 8 atom stereocenters. The second-order valence-electron chi connectivity index (χ2n) is 18.1. The lowest BCUT2D eigenvalue weighted by Crippen LogP contribution is -2.60. The summed E-state index contributed by atoms with van der Waals surface area (Å²) in [6, 6.07) is 5.42. The molecule has 5 amide bonds. The second kappa shape index (κ2) is 16.3. The van der Waals surface area contributed by atoms with Crippen molar-refractivity contribution in [3.05, 3.63) is 66.5 Å². The number of nitrogens with zero attached hydrogens (tertiary/aromatic N) is 4. The highest BCUT2D eigenvalue weighted by molar-refractivity contribution is 7.91. The van der Waals surface area contributed by atoms with Crippen LogP contribution in [-0.2, 0) is 33.9 Å². The van der Waals surface area contributed by atoms with E-state index in [0.717, 1.165) is 55.3 Å². The lowest BCUT2D eigenvalue weighted by atomic mass is 9.85. The number of ether oxygens (including phenoxy) is 2. The number of piperidine rings is 1. The van der Waals surface area contributed by atoms with Crippen molar-refractivity contribution in [1.29, 1.82) is 0 Å². The summed E-state index contributed by atoms with van der Waals surface area (Å²) < 4.78 is 41.0. The third kappa shape index (κ3) is 7.85. The molecule has 3 unspecified atom stereocenters. The van der Waals surface area contributed by atoms with Gasteiger partial charge in [0.1, 0.15) is 29.8 Å². The summed E-state index contributed by atoms with van der Waals surface area (Å²) >= 11 is 0. The van der Waals surface area contributed by atoms with E-state index in [9.17, 15) is 22.8 Å². The van der Waals surface area contributed by atoms with Crippen LogP contribution in [0.15, 0.2) is 66.0 Å². The number of aliphatic imine (C=N–C) groups is 1. The number of sulfonamides is 1. The van der Waals surface area contributed by atoms with E-state index in [1.54, 1.807) is 11.0 Å². The van der Waals surface area contributed by atoms with Gasteiger partial charge in [0.05, 0.1) is 30.7 Å². The maximum absolute atomic E-state index is 15.1. The maximum Gasteiger partial charge on any atom is 0.318 e. The molecule has 9 rings (SSSR count). The van der Waals surface area contributed by atoms with E-state index in [1.165, 1.54) is 4.90 Å². The Morgan fingerprint density at radius 1 is 1.07 bits per heavy atom. The van der Waals surface area contributed by atoms with Crippen LogP contribution >= 0.6 is 0 Å². The maximum atomic E-state index is 15.1. The molecular weight excluding hydrogens is 787 g/mol. The topological polar surface area (TPSA) is 179 Å². The van der Waals surface area contributed by atoms with E-state index in [0.29, 0.717) is 51.5 Å². The SMILES string of the molecule is C=CC1C[C@]1(NC(=O)[C@@H]1C[C@@H]2CN1C(=O)[C@H](C1CCCC1)NC(=O)N1CCC[C@H](COCC/C=C\N3C=C(C)C4c5ccccc5N=C(O2)C43)C1)C(=O)NS(=O)(=O)C1CC1. The predicted molar refractivity (Wildman–Crippen MR) is 223 cm³/mol. The van der Waals surface area contributed by atoms with Gasteiger partial charge in [-0.3, -0.25) is 19.1 Å². The summed E-state index contributed by atoms with van der Waals surface area (Å²) in [6.45, 7) is 8.15. The largest absolute Gasteiger partial charge is 0.474 e. The van der Waals surface area contributed by atoms with Crippen LogP contribution in [-0.4, -0.2) is 121 Å². The molecule has 4 bridgehead atoms. The Kier molecular flexibility index (Phi) is 11.1. The van der Waals surface area contributed by atoms with Crippen molar-refractivity contribution in [2.45, 2.75) is 118 Å². The summed E-state index contributed by atoms with van der Waals surface area (Å²) in [6.07, 6.45) is 14.2. The van der Waals surface area contributed by atoms with Gasteiger partial charge in [-0.2, -0.15) is 0 Å². The van der Waals surface area contributed by atoms with Gasteiger partial charge in [0, 0.05) is 49.7 Å². The average molecular weight is 844 g/mol. The van der Waals surface area contributed by atoms with Crippen molar-refractivity contribution in [2.24, 2.45) is 22.7 Å². The van der Waals surface area contributed by atoms with Crippen LogP contribution in [0.3, 0.4) is 0 Å². The average Bonchev–Trinajstić information content (AvgIpc) is 4.06. The fourth-order valence-electron chi connectivity index (χ4n) is 10.4. The molecule has 5 heterocycles. The first kappa shape index (κ1) is 40.7. The number of nitrogens with one attached hydrogen (secondary N) is 3. The number of benzene rings is 1. The van der Waals surface area contributed by atoms with Gasteiger partial charge in [0.15, 0.2) is 0 Å². The number of amides is 5. The third-order valence-electron chi connectivity index (χ3n) is 13.9. The number of fused-ring (bicyclic) bond motifs is 6. The van der Waals surface area contributed by atoms with E-state index < -0.39 is 56.7 Å². The Morgan fingerprint density at radius 3 is 2.63 bits per heavy atom. The molecule has 60 heavy (non-hydrogen) atoms. The van der Waals surface area contributed by atoms with E-state index in [2.05, 4.69) is 52.1 Å². The summed E-state index contributed by atoms with van der Waals surface area (Å²) in [5.74, 6) is -1.81. The zero-order valence-electron chi connectivity index (χ0n) is 34.3. The lowest BCUT2D eigenvalue weighted by molar-refractivity contribution is -0.142. The van der Waals surface area contributed by atoms with Crippen LogP contribution in [0.5, 0.6) is 0 Å². The molecule has 5 fully saturated rings. The fourth-order valence-corrected chi connectivity index (χ4v) is 11.8. The van der Waals surface area contributed by atoms with E-state index >= 15 is 4.79 Å². The fraction of sp³-hybridized carbons (Fsp3) is 0.614. The Morgan fingerprint density at radius 2 is 1.87 bits per heavy atom. The standard InChI is InChI=1S/C44H57N7O8S/c1-3-30-22-44(30,42(54)48-60(56,57)32-16-17-32)47-39(52)35-21-31-25-51(35)41(53)37(29-12-4-5-13-29)46-43(55)50-19-10-11-28(24-50)26-58-20-9-8-18-49-23-27(2)36-33-14-6-7-15-34(33)45-40(59-31)38(36)49/h3,6-8,14-15,18,23,28-32,35-38H,1,4-5,9-13,16-17,19-22,24-26H2,2H3,(H,46,55)(H,47,52)(H,48,54)/b18-8-/t28-,30?,31+,35-,36?,37-,38?,44+/m0/s1. The minimum absolute atomic E-state index is 0.0413. The minimum atomic E-state index is -3.90. The van der Waals surface area contributed by atoms with Crippen LogP contribution in [0.25, 0.3) is 0 Å².